The molecule has 1 aromatic heterocycles. The van der Waals surface area contributed by atoms with Gasteiger partial charge in [-0.1, -0.05) is 18.2 Å². The molecule has 2 aromatic rings. The van der Waals surface area contributed by atoms with Crippen LogP contribution in [0.25, 0.3) is 0 Å². The van der Waals surface area contributed by atoms with E-state index >= 15 is 0 Å². The maximum absolute atomic E-state index is 12.7. The minimum absolute atomic E-state index is 0.0768. The van der Waals surface area contributed by atoms with E-state index in [1.54, 1.807) is 19.1 Å². The minimum atomic E-state index is -0.0768. The van der Waals surface area contributed by atoms with E-state index in [4.69, 9.17) is 4.74 Å². The van der Waals surface area contributed by atoms with Crippen molar-refractivity contribution in [3.05, 3.63) is 46.8 Å². The van der Waals surface area contributed by atoms with Gasteiger partial charge in [0.15, 0.2) is 5.69 Å². The zero-order valence-electron chi connectivity index (χ0n) is 12.8. The molecule has 116 valence electrons. The highest BCUT2D eigenvalue weighted by molar-refractivity contribution is 5.93. The van der Waals surface area contributed by atoms with Crippen LogP contribution < -0.4 is 10.1 Å². The minimum Gasteiger partial charge on any atom is -0.496 e. The molecule has 1 aromatic carbocycles. The predicted molar refractivity (Wildman–Crippen MR) is 82.8 cm³/mol. The molecule has 6 nitrogen and oxygen atoms in total. The number of ether oxygens (including phenoxy) is 1. The van der Waals surface area contributed by atoms with E-state index in [0.717, 1.165) is 35.5 Å². The zero-order chi connectivity index (χ0) is 15.5. The molecule has 1 amide bonds. The SMILES string of the molecule is COc1ccccc1CN(C)C(=O)c1n[nH]c2c1CNCC2. The van der Waals surface area contributed by atoms with Gasteiger partial charge in [0.1, 0.15) is 5.75 Å². The van der Waals surface area contributed by atoms with Crippen molar-refractivity contribution in [2.75, 3.05) is 20.7 Å². The van der Waals surface area contributed by atoms with E-state index < -0.39 is 0 Å². The first-order valence-electron chi connectivity index (χ1n) is 7.35. The van der Waals surface area contributed by atoms with Gasteiger partial charge < -0.3 is 15.0 Å². The molecular formula is C16H20N4O2. The summed E-state index contributed by atoms with van der Waals surface area (Å²) in [6, 6.07) is 7.72. The van der Waals surface area contributed by atoms with E-state index in [1.165, 1.54) is 0 Å². The molecule has 1 aliphatic heterocycles. The Balaban J connectivity index is 1.79. The number of carbonyl (C=O) groups is 1. The maximum atomic E-state index is 12.7. The van der Waals surface area contributed by atoms with Crippen molar-refractivity contribution in [2.45, 2.75) is 19.5 Å². The van der Waals surface area contributed by atoms with Crippen LogP contribution >= 0.6 is 0 Å². The van der Waals surface area contributed by atoms with Crippen molar-refractivity contribution in [1.29, 1.82) is 0 Å². The molecule has 0 saturated heterocycles. The second kappa shape index (κ2) is 6.19. The summed E-state index contributed by atoms with van der Waals surface area (Å²) in [5.41, 5.74) is 3.54. The van der Waals surface area contributed by atoms with Crippen molar-refractivity contribution in [2.24, 2.45) is 0 Å². The molecule has 0 saturated carbocycles. The number of amides is 1. The topological polar surface area (TPSA) is 70.2 Å². The lowest BCUT2D eigenvalue weighted by molar-refractivity contribution is 0.0777. The molecule has 2 N–H and O–H groups in total. The number of carbonyl (C=O) groups excluding carboxylic acids is 1. The molecular weight excluding hydrogens is 280 g/mol. The molecule has 6 heteroatoms. The third-order valence-electron chi connectivity index (χ3n) is 3.96. The number of fused-ring (bicyclic) bond motifs is 1. The fourth-order valence-electron chi connectivity index (χ4n) is 2.74. The molecule has 2 heterocycles. The molecule has 3 rings (SSSR count). The molecule has 1 aliphatic rings. The van der Waals surface area contributed by atoms with E-state index in [-0.39, 0.29) is 5.91 Å². The number of aromatic amines is 1. The molecule has 0 fully saturated rings. The van der Waals surface area contributed by atoms with Gasteiger partial charge in [-0.25, -0.2) is 0 Å². The van der Waals surface area contributed by atoms with Crippen LogP contribution in [0.4, 0.5) is 0 Å². The Hall–Kier alpha value is -2.34. The van der Waals surface area contributed by atoms with E-state index in [9.17, 15) is 4.79 Å². The van der Waals surface area contributed by atoms with Crippen LogP contribution in [0.2, 0.25) is 0 Å². The number of nitrogens with zero attached hydrogens (tertiary/aromatic N) is 2. The lowest BCUT2D eigenvalue weighted by Gasteiger charge is -2.19. The lowest BCUT2D eigenvalue weighted by atomic mass is 10.1. The lowest BCUT2D eigenvalue weighted by Crippen LogP contribution is -2.30. The van der Waals surface area contributed by atoms with Crippen LogP contribution in [0.5, 0.6) is 5.75 Å². The van der Waals surface area contributed by atoms with Crippen LogP contribution in [0, 0.1) is 0 Å². The molecule has 0 atom stereocenters. The number of hydrogen-bond acceptors (Lipinski definition) is 4. The first-order valence-corrected chi connectivity index (χ1v) is 7.35. The van der Waals surface area contributed by atoms with Gasteiger partial charge in [0.25, 0.3) is 5.91 Å². The smallest absolute Gasteiger partial charge is 0.274 e. The second-order valence-electron chi connectivity index (χ2n) is 5.43. The van der Waals surface area contributed by atoms with Crippen LogP contribution in [0.15, 0.2) is 24.3 Å². The quantitative estimate of drug-likeness (QED) is 0.894. The fraction of sp³-hybridized carbons (Fsp3) is 0.375. The highest BCUT2D eigenvalue weighted by Gasteiger charge is 2.24. The number of hydrogen-bond donors (Lipinski definition) is 2. The highest BCUT2D eigenvalue weighted by Crippen LogP contribution is 2.21. The molecule has 0 spiro atoms. The third kappa shape index (κ3) is 2.69. The molecule has 0 unspecified atom stereocenters. The second-order valence-corrected chi connectivity index (χ2v) is 5.43. The molecule has 0 radical (unpaired) electrons. The Kier molecular flexibility index (Phi) is 4.11. The van der Waals surface area contributed by atoms with Gasteiger partial charge in [0.2, 0.25) is 0 Å². The van der Waals surface area contributed by atoms with Gasteiger partial charge in [-0.2, -0.15) is 5.10 Å². The number of aromatic nitrogens is 2. The number of benzene rings is 1. The summed E-state index contributed by atoms with van der Waals surface area (Å²) in [4.78, 5) is 14.3. The van der Waals surface area contributed by atoms with Gasteiger partial charge in [-0.05, 0) is 6.07 Å². The largest absolute Gasteiger partial charge is 0.496 e. The predicted octanol–water partition coefficient (Wildman–Crippen LogP) is 1.34. The number of rotatable bonds is 4. The summed E-state index contributed by atoms with van der Waals surface area (Å²) in [5, 5.41) is 10.5. The van der Waals surface area contributed by atoms with Crippen molar-refractivity contribution >= 4 is 5.91 Å². The van der Waals surface area contributed by atoms with Crippen molar-refractivity contribution in [3.63, 3.8) is 0 Å². The number of H-pyrrole nitrogens is 1. The van der Waals surface area contributed by atoms with Gasteiger partial charge in [0.05, 0.1) is 7.11 Å². The standard InChI is InChI=1S/C16H20N4O2/c1-20(10-11-5-3-4-6-14(11)22-2)16(21)15-12-9-17-8-7-13(12)18-19-15/h3-6,17H,7-10H2,1-2H3,(H,18,19). The third-order valence-corrected chi connectivity index (χ3v) is 3.96. The summed E-state index contributed by atoms with van der Waals surface area (Å²) in [5.74, 6) is 0.708. The van der Waals surface area contributed by atoms with E-state index in [1.807, 2.05) is 24.3 Å². The Labute approximate surface area is 129 Å². The average Bonchev–Trinajstić information content (AvgIpc) is 2.98. The van der Waals surface area contributed by atoms with Crippen LogP contribution in [0.3, 0.4) is 0 Å². The summed E-state index contributed by atoms with van der Waals surface area (Å²) >= 11 is 0. The van der Waals surface area contributed by atoms with Crippen molar-refractivity contribution < 1.29 is 9.53 Å². The summed E-state index contributed by atoms with van der Waals surface area (Å²) in [7, 11) is 3.42. The Morgan fingerprint density at radius 2 is 2.23 bits per heavy atom. The monoisotopic (exact) mass is 300 g/mol. The number of nitrogens with one attached hydrogen (secondary N) is 2. The van der Waals surface area contributed by atoms with Crippen LogP contribution in [-0.2, 0) is 19.5 Å². The number of methoxy groups -OCH3 is 1. The van der Waals surface area contributed by atoms with Crippen LogP contribution in [0.1, 0.15) is 27.3 Å². The zero-order valence-corrected chi connectivity index (χ0v) is 12.8. The summed E-state index contributed by atoms with van der Waals surface area (Å²) in [6.07, 6.45) is 0.881. The first-order chi connectivity index (χ1) is 10.7. The van der Waals surface area contributed by atoms with Crippen molar-refractivity contribution in [3.8, 4) is 5.75 Å². The van der Waals surface area contributed by atoms with Crippen LogP contribution in [-0.4, -0.2) is 41.7 Å². The van der Waals surface area contributed by atoms with Gasteiger partial charge in [0, 0.05) is 49.9 Å². The maximum Gasteiger partial charge on any atom is 0.274 e. The van der Waals surface area contributed by atoms with Gasteiger partial charge in [-0.3, -0.25) is 9.89 Å². The molecule has 0 bridgehead atoms. The number of para-hydroxylation sites is 1. The van der Waals surface area contributed by atoms with E-state index in [2.05, 4.69) is 15.5 Å². The summed E-state index contributed by atoms with van der Waals surface area (Å²) in [6.45, 7) is 2.09. The van der Waals surface area contributed by atoms with Gasteiger partial charge >= 0.3 is 0 Å². The summed E-state index contributed by atoms with van der Waals surface area (Å²) < 4.78 is 5.34. The Morgan fingerprint density at radius 3 is 3.05 bits per heavy atom. The molecule has 0 aliphatic carbocycles. The molecule has 22 heavy (non-hydrogen) atoms. The van der Waals surface area contributed by atoms with Gasteiger partial charge in [-0.15, -0.1) is 0 Å². The first kappa shape index (κ1) is 14.6. The van der Waals surface area contributed by atoms with E-state index in [0.29, 0.717) is 18.8 Å². The fourth-order valence-corrected chi connectivity index (χ4v) is 2.74. The van der Waals surface area contributed by atoms with Crippen molar-refractivity contribution in [1.82, 2.24) is 20.4 Å². The Bertz CT molecular complexity index is 681. The normalized spacial score (nSPS) is 13.5. The average molecular weight is 300 g/mol. The Morgan fingerprint density at radius 1 is 1.41 bits per heavy atom. The highest BCUT2D eigenvalue weighted by atomic mass is 16.5.